The van der Waals surface area contributed by atoms with E-state index >= 15 is 0 Å². The fraction of sp³-hybridized carbons (Fsp3) is 0.160. The van der Waals surface area contributed by atoms with Gasteiger partial charge in [-0.15, -0.1) is 0 Å². The zero-order chi connectivity index (χ0) is 22.7. The molecule has 4 rings (SSSR count). The van der Waals surface area contributed by atoms with Crippen LogP contribution in [-0.4, -0.2) is 30.3 Å². The Kier molecular flexibility index (Phi) is 6.35. The number of carbonyl (C=O) groups is 1. The van der Waals surface area contributed by atoms with Gasteiger partial charge in [0.05, 0.1) is 9.79 Å². The third-order valence-electron chi connectivity index (χ3n) is 5.42. The number of carbonyl (C=O) groups excluding carboxylic acids is 1. The zero-order valence-electron chi connectivity index (χ0n) is 17.6. The Morgan fingerprint density at radius 1 is 0.938 bits per heavy atom. The van der Waals surface area contributed by atoms with Crippen molar-refractivity contribution < 1.29 is 13.2 Å². The molecule has 164 valence electrons. The van der Waals surface area contributed by atoms with Crippen molar-refractivity contribution >= 4 is 38.2 Å². The predicted octanol–water partition coefficient (Wildman–Crippen LogP) is 5.18. The highest BCUT2D eigenvalue weighted by atomic mass is 35.5. The van der Waals surface area contributed by atoms with Gasteiger partial charge in [-0.05, 0) is 42.8 Å². The molecule has 0 saturated heterocycles. The van der Waals surface area contributed by atoms with Crippen LogP contribution in [0.15, 0.2) is 94.9 Å². The molecule has 3 aromatic carbocycles. The van der Waals surface area contributed by atoms with E-state index in [0.29, 0.717) is 29.0 Å². The Morgan fingerprint density at radius 2 is 1.59 bits per heavy atom. The molecule has 0 aliphatic rings. The van der Waals surface area contributed by atoms with Gasteiger partial charge in [-0.3, -0.25) is 4.79 Å². The second-order valence-corrected chi connectivity index (χ2v) is 9.84. The monoisotopic (exact) mass is 466 g/mol. The van der Waals surface area contributed by atoms with Gasteiger partial charge in [0.2, 0.25) is 15.7 Å². The Morgan fingerprint density at radius 3 is 2.28 bits per heavy atom. The summed E-state index contributed by atoms with van der Waals surface area (Å²) in [7, 11) is -3.78. The molecule has 0 fully saturated rings. The number of nitrogens with zero attached hydrogens (tertiary/aromatic N) is 2. The maximum absolute atomic E-state index is 13.3. The third kappa shape index (κ3) is 4.42. The van der Waals surface area contributed by atoms with E-state index in [1.165, 1.54) is 12.1 Å². The average molecular weight is 467 g/mol. The highest BCUT2D eigenvalue weighted by Crippen LogP contribution is 2.31. The van der Waals surface area contributed by atoms with Gasteiger partial charge in [-0.1, -0.05) is 60.1 Å². The van der Waals surface area contributed by atoms with E-state index in [4.69, 9.17) is 11.6 Å². The highest BCUT2D eigenvalue weighted by molar-refractivity contribution is 7.91. The van der Waals surface area contributed by atoms with Gasteiger partial charge in [0.25, 0.3) is 0 Å². The summed E-state index contributed by atoms with van der Waals surface area (Å²) in [5.41, 5.74) is 1.75. The minimum absolute atomic E-state index is 0.0529. The van der Waals surface area contributed by atoms with Crippen molar-refractivity contribution in [2.24, 2.45) is 0 Å². The predicted molar refractivity (Wildman–Crippen MR) is 126 cm³/mol. The summed E-state index contributed by atoms with van der Waals surface area (Å²) >= 11 is 5.92. The molecule has 1 amide bonds. The summed E-state index contributed by atoms with van der Waals surface area (Å²) in [6, 6.07) is 23.1. The number of rotatable bonds is 7. The van der Waals surface area contributed by atoms with Gasteiger partial charge in [-0.25, -0.2) is 8.42 Å². The van der Waals surface area contributed by atoms with E-state index in [9.17, 15) is 13.2 Å². The van der Waals surface area contributed by atoms with E-state index < -0.39 is 9.84 Å². The van der Waals surface area contributed by atoms with Crippen molar-refractivity contribution in [1.82, 2.24) is 9.47 Å². The van der Waals surface area contributed by atoms with Crippen molar-refractivity contribution in [3.63, 3.8) is 0 Å². The first-order chi connectivity index (χ1) is 15.4. The molecule has 0 N–H and O–H groups in total. The van der Waals surface area contributed by atoms with E-state index in [1.807, 2.05) is 49.4 Å². The van der Waals surface area contributed by atoms with E-state index in [2.05, 4.69) is 0 Å². The van der Waals surface area contributed by atoms with Crippen LogP contribution in [0.5, 0.6) is 0 Å². The molecule has 1 aromatic heterocycles. The standard InChI is InChI=1S/C25H23ClN2O3S/c1-2-27(16-19-8-4-3-5-9-19)25(29)18-28-17-24(22-10-6-7-11-23(22)28)32(30,31)21-14-12-20(26)13-15-21/h3-15,17H,2,16,18H2,1H3. The van der Waals surface area contributed by atoms with Gasteiger partial charge in [0, 0.05) is 35.2 Å². The summed E-state index contributed by atoms with van der Waals surface area (Å²) in [4.78, 5) is 15.2. The largest absolute Gasteiger partial charge is 0.337 e. The Labute approximate surface area is 192 Å². The number of halogens is 1. The first kappa shape index (κ1) is 22.1. The average Bonchev–Trinajstić information content (AvgIpc) is 3.17. The van der Waals surface area contributed by atoms with Crippen LogP contribution in [-0.2, 0) is 27.7 Å². The van der Waals surface area contributed by atoms with Crippen LogP contribution in [0.1, 0.15) is 12.5 Å². The second kappa shape index (κ2) is 9.18. The number of para-hydroxylation sites is 1. The first-order valence-electron chi connectivity index (χ1n) is 10.3. The van der Waals surface area contributed by atoms with E-state index in [1.54, 1.807) is 39.9 Å². The van der Waals surface area contributed by atoms with Crippen LogP contribution in [0, 0.1) is 0 Å². The lowest BCUT2D eigenvalue weighted by Crippen LogP contribution is -2.33. The van der Waals surface area contributed by atoms with Crippen LogP contribution < -0.4 is 0 Å². The summed E-state index contributed by atoms with van der Waals surface area (Å²) in [6.07, 6.45) is 1.56. The van der Waals surface area contributed by atoms with Crippen molar-refractivity contribution in [2.75, 3.05) is 6.54 Å². The Hall–Kier alpha value is -3.09. The minimum Gasteiger partial charge on any atom is -0.337 e. The molecule has 1 heterocycles. The molecule has 0 spiro atoms. The smallest absolute Gasteiger partial charge is 0.242 e. The van der Waals surface area contributed by atoms with Gasteiger partial charge >= 0.3 is 0 Å². The molecule has 0 aliphatic heterocycles. The molecule has 0 unspecified atom stereocenters. The first-order valence-corrected chi connectivity index (χ1v) is 12.2. The van der Waals surface area contributed by atoms with Gasteiger partial charge < -0.3 is 9.47 Å². The lowest BCUT2D eigenvalue weighted by molar-refractivity contribution is -0.132. The second-order valence-electron chi connectivity index (χ2n) is 7.49. The highest BCUT2D eigenvalue weighted by Gasteiger charge is 2.24. The molecule has 0 saturated carbocycles. The third-order valence-corrected chi connectivity index (χ3v) is 7.47. The number of amides is 1. The summed E-state index contributed by atoms with van der Waals surface area (Å²) < 4.78 is 28.4. The van der Waals surface area contributed by atoms with Crippen molar-refractivity contribution in [3.05, 3.63) is 95.6 Å². The van der Waals surface area contributed by atoms with Gasteiger partial charge in [-0.2, -0.15) is 0 Å². The van der Waals surface area contributed by atoms with Crippen LogP contribution in [0.2, 0.25) is 5.02 Å². The quantitative estimate of drug-likeness (QED) is 0.377. The molecule has 0 bridgehead atoms. The van der Waals surface area contributed by atoms with Crippen LogP contribution in [0.3, 0.4) is 0 Å². The number of aromatic nitrogens is 1. The normalized spacial score (nSPS) is 11.6. The zero-order valence-corrected chi connectivity index (χ0v) is 19.2. The van der Waals surface area contributed by atoms with Crippen LogP contribution in [0.4, 0.5) is 0 Å². The lowest BCUT2D eigenvalue weighted by Gasteiger charge is -2.21. The molecule has 0 atom stereocenters. The fourth-order valence-corrected chi connectivity index (χ4v) is 5.33. The molecular weight excluding hydrogens is 444 g/mol. The molecule has 5 nitrogen and oxygen atoms in total. The minimum atomic E-state index is -3.78. The number of benzene rings is 3. The van der Waals surface area contributed by atoms with E-state index in [-0.39, 0.29) is 22.2 Å². The molecule has 0 radical (unpaired) electrons. The number of hydrogen-bond acceptors (Lipinski definition) is 3. The number of sulfone groups is 1. The van der Waals surface area contributed by atoms with Crippen LogP contribution in [0.25, 0.3) is 10.9 Å². The van der Waals surface area contributed by atoms with E-state index in [0.717, 1.165) is 5.56 Å². The van der Waals surface area contributed by atoms with Gasteiger partial charge in [0.1, 0.15) is 6.54 Å². The van der Waals surface area contributed by atoms with Crippen molar-refractivity contribution in [2.45, 2.75) is 29.8 Å². The van der Waals surface area contributed by atoms with Crippen molar-refractivity contribution in [1.29, 1.82) is 0 Å². The maximum atomic E-state index is 13.3. The maximum Gasteiger partial charge on any atom is 0.242 e. The molecular formula is C25H23ClN2O3S. The van der Waals surface area contributed by atoms with Crippen LogP contribution >= 0.6 is 11.6 Å². The fourth-order valence-electron chi connectivity index (χ4n) is 3.72. The summed E-state index contributed by atoms with van der Waals surface area (Å²) in [5.74, 6) is -0.0763. The van der Waals surface area contributed by atoms with Gasteiger partial charge in [0.15, 0.2) is 0 Å². The Balaban J connectivity index is 1.68. The number of fused-ring (bicyclic) bond motifs is 1. The summed E-state index contributed by atoms with van der Waals surface area (Å²) in [5, 5.41) is 1.05. The lowest BCUT2D eigenvalue weighted by atomic mass is 10.2. The molecule has 0 aliphatic carbocycles. The number of hydrogen-bond donors (Lipinski definition) is 0. The van der Waals surface area contributed by atoms with Crippen molar-refractivity contribution in [3.8, 4) is 0 Å². The number of likely N-dealkylation sites (N-methyl/N-ethyl adjacent to an activating group) is 1. The molecule has 4 aromatic rings. The Bertz CT molecular complexity index is 1350. The topological polar surface area (TPSA) is 59.4 Å². The molecule has 32 heavy (non-hydrogen) atoms. The molecule has 7 heteroatoms. The summed E-state index contributed by atoms with van der Waals surface area (Å²) in [6.45, 7) is 3.05. The SMILES string of the molecule is CCN(Cc1ccccc1)C(=O)Cn1cc(S(=O)(=O)c2ccc(Cl)cc2)c2ccccc21.